The molecule has 2 aliphatic heterocycles. The van der Waals surface area contributed by atoms with Crippen molar-refractivity contribution in [2.75, 3.05) is 59.5 Å². The van der Waals surface area contributed by atoms with Crippen LogP contribution in [-0.2, 0) is 9.53 Å². The molecular formula is C18H34IN5O2. The molecule has 8 heteroatoms. The lowest BCUT2D eigenvalue weighted by molar-refractivity contribution is -0.139. The molecular weight excluding hydrogens is 445 g/mol. The van der Waals surface area contributed by atoms with Crippen LogP contribution in [0.5, 0.6) is 0 Å². The highest BCUT2D eigenvalue weighted by Crippen LogP contribution is 2.28. The Morgan fingerprint density at radius 2 is 1.88 bits per heavy atom. The van der Waals surface area contributed by atoms with E-state index >= 15 is 0 Å². The molecule has 2 heterocycles. The fourth-order valence-corrected chi connectivity index (χ4v) is 3.67. The number of aliphatic imine (C=N–C) groups is 1. The van der Waals surface area contributed by atoms with Gasteiger partial charge in [-0.3, -0.25) is 14.7 Å². The minimum absolute atomic E-state index is 0. The van der Waals surface area contributed by atoms with E-state index in [0.717, 1.165) is 84.1 Å². The van der Waals surface area contributed by atoms with Crippen LogP contribution in [0.2, 0.25) is 0 Å². The molecule has 0 radical (unpaired) electrons. The van der Waals surface area contributed by atoms with Crippen molar-refractivity contribution < 1.29 is 9.53 Å². The summed E-state index contributed by atoms with van der Waals surface area (Å²) in [5.74, 6) is 1.56. The van der Waals surface area contributed by atoms with E-state index in [2.05, 4.69) is 25.4 Å². The number of halogens is 1. The van der Waals surface area contributed by atoms with Crippen LogP contribution in [0, 0.1) is 5.92 Å². The van der Waals surface area contributed by atoms with Crippen molar-refractivity contribution >= 4 is 35.8 Å². The van der Waals surface area contributed by atoms with E-state index in [-0.39, 0.29) is 24.0 Å². The summed E-state index contributed by atoms with van der Waals surface area (Å²) in [7, 11) is 1.80. The van der Waals surface area contributed by atoms with E-state index < -0.39 is 0 Å². The van der Waals surface area contributed by atoms with Crippen LogP contribution in [0.15, 0.2) is 4.99 Å². The van der Waals surface area contributed by atoms with Gasteiger partial charge in [0, 0.05) is 65.4 Å². The third kappa shape index (κ3) is 6.23. The quantitative estimate of drug-likeness (QED) is 0.337. The minimum Gasteiger partial charge on any atom is -0.376 e. The van der Waals surface area contributed by atoms with Crippen molar-refractivity contribution in [2.45, 2.75) is 38.2 Å². The maximum Gasteiger partial charge on any atom is 0.225 e. The fourth-order valence-electron chi connectivity index (χ4n) is 3.67. The van der Waals surface area contributed by atoms with Gasteiger partial charge in [0.25, 0.3) is 0 Å². The number of amides is 1. The van der Waals surface area contributed by atoms with Crippen molar-refractivity contribution in [3.63, 3.8) is 0 Å². The average Bonchev–Trinajstić information content (AvgIpc) is 3.10. The third-order valence-electron chi connectivity index (χ3n) is 5.60. The number of guanidine groups is 1. The Morgan fingerprint density at radius 1 is 1.12 bits per heavy atom. The number of nitrogens with one attached hydrogen (secondary N) is 2. The van der Waals surface area contributed by atoms with Crippen molar-refractivity contribution in [2.24, 2.45) is 10.9 Å². The second kappa shape index (κ2) is 11.3. The van der Waals surface area contributed by atoms with Crippen LogP contribution in [0.3, 0.4) is 0 Å². The van der Waals surface area contributed by atoms with Gasteiger partial charge < -0.3 is 20.3 Å². The molecule has 1 saturated carbocycles. The van der Waals surface area contributed by atoms with E-state index in [0.29, 0.717) is 17.9 Å². The zero-order chi connectivity index (χ0) is 17.5. The standard InChI is InChI=1S/C18H33N5O2.HI/c1-19-18(21-14-16-6-3-13-25-16)20-7-8-22-9-11-23(12-10-22)17(24)15-4-2-5-15;/h15-16H,2-14H2,1H3,(H2,19,20,21);1H. The lowest BCUT2D eigenvalue weighted by Gasteiger charge is -2.38. The summed E-state index contributed by atoms with van der Waals surface area (Å²) < 4.78 is 5.62. The van der Waals surface area contributed by atoms with E-state index in [1.165, 1.54) is 6.42 Å². The zero-order valence-electron chi connectivity index (χ0n) is 15.9. The monoisotopic (exact) mass is 479 g/mol. The summed E-state index contributed by atoms with van der Waals surface area (Å²) >= 11 is 0. The highest BCUT2D eigenvalue weighted by Gasteiger charge is 2.31. The van der Waals surface area contributed by atoms with Crippen LogP contribution in [0.1, 0.15) is 32.1 Å². The van der Waals surface area contributed by atoms with E-state index in [1.807, 2.05) is 0 Å². The summed E-state index contributed by atoms with van der Waals surface area (Å²) in [5.41, 5.74) is 0. The summed E-state index contributed by atoms with van der Waals surface area (Å²) in [6.07, 6.45) is 6.04. The highest BCUT2D eigenvalue weighted by molar-refractivity contribution is 14.0. The molecule has 26 heavy (non-hydrogen) atoms. The molecule has 0 spiro atoms. The Bertz CT molecular complexity index is 458. The molecule has 7 nitrogen and oxygen atoms in total. The zero-order valence-corrected chi connectivity index (χ0v) is 18.2. The molecule has 0 aromatic heterocycles. The SMILES string of the molecule is CN=C(NCCN1CCN(C(=O)C2CCC2)CC1)NCC1CCCO1.I. The Balaban J connectivity index is 0.00000243. The number of carbonyl (C=O) groups excluding carboxylic acids is 1. The number of ether oxygens (including phenoxy) is 1. The molecule has 2 N–H and O–H groups in total. The summed E-state index contributed by atoms with van der Waals surface area (Å²) in [6.45, 7) is 7.25. The van der Waals surface area contributed by atoms with Gasteiger partial charge in [0.2, 0.25) is 5.91 Å². The van der Waals surface area contributed by atoms with Gasteiger partial charge >= 0.3 is 0 Å². The van der Waals surface area contributed by atoms with Gasteiger partial charge in [-0.1, -0.05) is 6.42 Å². The molecule has 0 bridgehead atoms. The second-order valence-electron chi connectivity index (χ2n) is 7.31. The molecule has 0 aromatic rings. The molecule has 150 valence electrons. The molecule has 3 aliphatic rings. The first-order valence-electron chi connectivity index (χ1n) is 9.83. The summed E-state index contributed by atoms with van der Waals surface area (Å²) in [6, 6.07) is 0. The number of hydrogen-bond donors (Lipinski definition) is 2. The third-order valence-corrected chi connectivity index (χ3v) is 5.60. The smallest absolute Gasteiger partial charge is 0.225 e. The molecule has 1 amide bonds. The van der Waals surface area contributed by atoms with Crippen LogP contribution >= 0.6 is 24.0 Å². The Labute approximate surface area is 174 Å². The predicted octanol–water partition coefficient (Wildman–Crippen LogP) is 0.893. The summed E-state index contributed by atoms with van der Waals surface area (Å²) in [5, 5.41) is 6.71. The Hall–Kier alpha value is -0.610. The van der Waals surface area contributed by atoms with Crippen molar-refractivity contribution in [1.82, 2.24) is 20.4 Å². The minimum atomic E-state index is 0. The van der Waals surface area contributed by atoms with Crippen molar-refractivity contribution in [3.8, 4) is 0 Å². The van der Waals surface area contributed by atoms with Gasteiger partial charge in [-0.15, -0.1) is 24.0 Å². The number of rotatable bonds is 6. The summed E-state index contributed by atoms with van der Waals surface area (Å²) in [4.78, 5) is 21.0. The Kier molecular flexibility index (Phi) is 9.41. The first-order chi connectivity index (χ1) is 12.3. The molecule has 0 aromatic carbocycles. The first kappa shape index (κ1) is 21.7. The lowest BCUT2D eigenvalue weighted by Crippen LogP contribution is -2.52. The van der Waals surface area contributed by atoms with Crippen LogP contribution in [0.25, 0.3) is 0 Å². The van der Waals surface area contributed by atoms with Crippen molar-refractivity contribution in [3.05, 3.63) is 0 Å². The number of hydrogen-bond acceptors (Lipinski definition) is 4. The molecule has 1 aliphatic carbocycles. The maximum atomic E-state index is 12.3. The van der Waals surface area contributed by atoms with E-state index in [9.17, 15) is 4.79 Å². The second-order valence-corrected chi connectivity index (χ2v) is 7.31. The van der Waals surface area contributed by atoms with Crippen LogP contribution in [-0.4, -0.2) is 87.2 Å². The number of carbonyl (C=O) groups is 1. The van der Waals surface area contributed by atoms with Gasteiger partial charge in [-0.2, -0.15) is 0 Å². The molecule has 3 fully saturated rings. The largest absolute Gasteiger partial charge is 0.376 e. The van der Waals surface area contributed by atoms with E-state index in [1.54, 1.807) is 7.05 Å². The van der Waals surface area contributed by atoms with Gasteiger partial charge in [0.15, 0.2) is 5.96 Å². The van der Waals surface area contributed by atoms with Gasteiger partial charge in [-0.05, 0) is 25.7 Å². The topological polar surface area (TPSA) is 69.2 Å². The predicted molar refractivity (Wildman–Crippen MR) is 114 cm³/mol. The molecule has 1 unspecified atom stereocenters. The van der Waals surface area contributed by atoms with Crippen molar-refractivity contribution in [1.29, 1.82) is 0 Å². The number of nitrogens with zero attached hydrogens (tertiary/aromatic N) is 3. The van der Waals surface area contributed by atoms with Gasteiger partial charge in [0.1, 0.15) is 0 Å². The average molecular weight is 479 g/mol. The van der Waals surface area contributed by atoms with Crippen LogP contribution < -0.4 is 10.6 Å². The molecule has 3 rings (SSSR count). The molecule has 1 atom stereocenters. The molecule has 2 saturated heterocycles. The van der Waals surface area contributed by atoms with Gasteiger partial charge in [0.05, 0.1) is 6.10 Å². The first-order valence-corrected chi connectivity index (χ1v) is 9.83. The van der Waals surface area contributed by atoms with E-state index in [4.69, 9.17) is 4.74 Å². The Morgan fingerprint density at radius 3 is 2.46 bits per heavy atom. The fraction of sp³-hybridized carbons (Fsp3) is 0.889. The lowest BCUT2D eigenvalue weighted by atomic mass is 9.84. The normalized spacial score (nSPS) is 24.7. The highest BCUT2D eigenvalue weighted by atomic mass is 127. The maximum absolute atomic E-state index is 12.3. The van der Waals surface area contributed by atoms with Crippen LogP contribution in [0.4, 0.5) is 0 Å². The number of piperazine rings is 1. The van der Waals surface area contributed by atoms with Gasteiger partial charge in [-0.25, -0.2) is 0 Å².